The zero-order valence-electron chi connectivity index (χ0n) is 18.7. The van der Waals surface area contributed by atoms with Gasteiger partial charge in [0.1, 0.15) is 5.58 Å². The fourth-order valence-electron chi connectivity index (χ4n) is 3.68. The number of anilines is 1. The molecule has 168 valence electrons. The minimum Gasteiger partial charge on any atom is -0.493 e. The summed E-state index contributed by atoms with van der Waals surface area (Å²) in [7, 11) is 4.42. The number of fused-ring (bicyclic) bond motifs is 1. The van der Waals surface area contributed by atoms with Crippen molar-refractivity contribution in [3.63, 3.8) is 0 Å². The number of para-hydroxylation sites is 1. The molecule has 4 aromatic rings. The molecule has 1 amide bonds. The lowest BCUT2D eigenvalue weighted by Crippen LogP contribution is -2.17. The van der Waals surface area contributed by atoms with Crippen LogP contribution in [0.4, 0.5) is 5.88 Å². The highest BCUT2D eigenvalue weighted by molar-refractivity contribution is 6.06. The van der Waals surface area contributed by atoms with E-state index in [0.717, 1.165) is 5.56 Å². The molecule has 0 spiro atoms. The molecule has 0 atom stereocenters. The first kappa shape index (κ1) is 22.0. The normalized spacial score (nSPS) is 10.7. The zero-order chi connectivity index (χ0) is 23.5. The Labute approximate surface area is 190 Å². The number of carbonyl (C=O) groups is 1. The fourth-order valence-corrected chi connectivity index (χ4v) is 3.68. The molecule has 0 aliphatic carbocycles. The molecule has 0 aliphatic heterocycles. The number of ether oxygens (including phenoxy) is 3. The van der Waals surface area contributed by atoms with E-state index >= 15 is 0 Å². The molecule has 0 saturated carbocycles. The average Bonchev–Trinajstić information content (AvgIpc) is 2.83. The predicted octanol–water partition coefficient (Wildman–Crippen LogP) is 5.05. The number of nitrogens with one attached hydrogen (secondary N) is 1. The highest BCUT2D eigenvalue weighted by Crippen LogP contribution is 2.38. The van der Waals surface area contributed by atoms with E-state index in [1.54, 1.807) is 24.3 Å². The summed E-state index contributed by atoms with van der Waals surface area (Å²) in [5.74, 6) is 0.598. The molecule has 7 heteroatoms. The SMILES string of the molecule is COc1cc(C(=O)Nc2oc3ccccc3c(=O)c2-c2cccc(C)c2)cc(OC)c1OC. The van der Waals surface area contributed by atoms with Gasteiger partial charge in [0.05, 0.1) is 32.3 Å². The smallest absolute Gasteiger partial charge is 0.258 e. The number of rotatable bonds is 6. The van der Waals surface area contributed by atoms with Gasteiger partial charge in [-0.25, -0.2) is 0 Å². The highest BCUT2D eigenvalue weighted by Gasteiger charge is 2.21. The molecule has 33 heavy (non-hydrogen) atoms. The minimum atomic E-state index is -0.499. The highest BCUT2D eigenvalue weighted by atomic mass is 16.5. The first-order chi connectivity index (χ1) is 16.0. The van der Waals surface area contributed by atoms with Crippen LogP contribution in [0, 0.1) is 6.92 Å². The topological polar surface area (TPSA) is 87.0 Å². The van der Waals surface area contributed by atoms with Crippen LogP contribution in [0.3, 0.4) is 0 Å². The van der Waals surface area contributed by atoms with E-state index in [2.05, 4.69) is 5.32 Å². The zero-order valence-corrected chi connectivity index (χ0v) is 18.7. The molecule has 0 aliphatic rings. The van der Waals surface area contributed by atoms with Crippen molar-refractivity contribution >= 4 is 22.8 Å². The molecule has 0 unspecified atom stereocenters. The van der Waals surface area contributed by atoms with E-state index in [9.17, 15) is 9.59 Å². The fraction of sp³-hybridized carbons (Fsp3) is 0.154. The van der Waals surface area contributed by atoms with Gasteiger partial charge in [-0.05, 0) is 36.8 Å². The van der Waals surface area contributed by atoms with Gasteiger partial charge in [-0.1, -0.05) is 42.0 Å². The van der Waals surface area contributed by atoms with Gasteiger partial charge in [0.15, 0.2) is 11.5 Å². The molecule has 3 aromatic carbocycles. The summed E-state index contributed by atoms with van der Waals surface area (Å²) in [4.78, 5) is 26.6. The standard InChI is InChI=1S/C26H23NO6/c1-15-8-7-9-16(12-15)22-23(28)18-10-5-6-11-19(18)33-26(22)27-25(29)17-13-20(30-2)24(32-4)21(14-17)31-3/h5-14H,1-4H3,(H,27,29). The maximum Gasteiger partial charge on any atom is 0.258 e. The van der Waals surface area contributed by atoms with Crippen LogP contribution in [0.5, 0.6) is 17.2 Å². The Morgan fingerprint density at radius 3 is 2.21 bits per heavy atom. The molecule has 1 N–H and O–H groups in total. The van der Waals surface area contributed by atoms with Crippen molar-refractivity contribution in [2.75, 3.05) is 26.6 Å². The van der Waals surface area contributed by atoms with Crippen molar-refractivity contribution < 1.29 is 23.4 Å². The molecule has 7 nitrogen and oxygen atoms in total. The van der Waals surface area contributed by atoms with Crippen LogP contribution >= 0.6 is 0 Å². The van der Waals surface area contributed by atoms with Gasteiger partial charge in [-0.15, -0.1) is 0 Å². The van der Waals surface area contributed by atoms with Gasteiger partial charge in [0.25, 0.3) is 5.91 Å². The lowest BCUT2D eigenvalue weighted by molar-refractivity contribution is 0.102. The molecular weight excluding hydrogens is 422 g/mol. The summed E-state index contributed by atoms with van der Waals surface area (Å²) < 4.78 is 22.0. The molecule has 0 radical (unpaired) electrons. The first-order valence-electron chi connectivity index (χ1n) is 10.2. The van der Waals surface area contributed by atoms with E-state index in [4.69, 9.17) is 18.6 Å². The number of amides is 1. The summed E-state index contributed by atoms with van der Waals surface area (Å²) in [6.07, 6.45) is 0. The first-order valence-corrected chi connectivity index (χ1v) is 10.2. The Morgan fingerprint density at radius 1 is 0.879 bits per heavy atom. The Bertz CT molecular complexity index is 1380. The summed E-state index contributed by atoms with van der Waals surface area (Å²) in [5.41, 5.74) is 2.28. The number of carbonyl (C=O) groups excluding carboxylic acids is 1. The van der Waals surface area contributed by atoms with E-state index in [0.29, 0.717) is 33.8 Å². The molecule has 0 bridgehead atoms. The second-order valence-corrected chi connectivity index (χ2v) is 7.37. The van der Waals surface area contributed by atoms with E-state index in [1.165, 1.54) is 33.5 Å². The monoisotopic (exact) mass is 445 g/mol. The van der Waals surface area contributed by atoms with Gasteiger partial charge in [0, 0.05) is 5.56 Å². The second-order valence-electron chi connectivity index (χ2n) is 7.37. The Morgan fingerprint density at radius 2 is 1.58 bits per heavy atom. The molecule has 4 rings (SSSR count). The van der Waals surface area contributed by atoms with Crippen LogP contribution < -0.4 is 25.0 Å². The molecular formula is C26H23NO6. The minimum absolute atomic E-state index is 0.0584. The van der Waals surface area contributed by atoms with Crippen molar-refractivity contribution in [3.8, 4) is 28.4 Å². The van der Waals surface area contributed by atoms with Crippen molar-refractivity contribution in [1.82, 2.24) is 0 Å². The lowest BCUT2D eigenvalue weighted by atomic mass is 10.0. The average molecular weight is 445 g/mol. The lowest BCUT2D eigenvalue weighted by Gasteiger charge is -2.15. The molecule has 0 fully saturated rings. The number of hydrogen-bond acceptors (Lipinski definition) is 6. The Kier molecular flexibility index (Phi) is 6.04. The van der Waals surface area contributed by atoms with Gasteiger partial charge in [-0.2, -0.15) is 0 Å². The largest absolute Gasteiger partial charge is 0.493 e. The third-order valence-electron chi connectivity index (χ3n) is 5.26. The molecule has 1 heterocycles. The number of hydrogen-bond donors (Lipinski definition) is 1. The Hall–Kier alpha value is -4.26. The van der Waals surface area contributed by atoms with Gasteiger partial charge in [0.2, 0.25) is 17.1 Å². The molecule has 0 saturated heterocycles. The van der Waals surface area contributed by atoms with Crippen molar-refractivity contribution in [2.45, 2.75) is 6.92 Å². The number of benzene rings is 3. The van der Waals surface area contributed by atoms with Crippen LogP contribution in [0.2, 0.25) is 0 Å². The third-order valence-corrected chi connectivity index (χ3v) is 5.26. The maximum absolute atomic E-state index is 13.4. The van der Waals surface area contributed by atoms with Crippen molar-refractivity contribution in [1.29, 1.82) is 0 Å². The van der Waals surface area contributed by atoms with Gasteiger partial charge in [-0.3, -0.25) is 14.9 Å². The Balaban J connectivity index is 1.86. The summed E-state index contributed by atoms with van der Waals surface area (Å²) >= 11 is 0. The van der Waals surface area contributed by atoms with Crippen LogP contribution in [-0.4, -0.2) is 27.2 Å². The van der Waals surface area contributed by atoms with Gasteiger partial charge < -0.3 is 18.6 Å². The van der Waals surface area contributed by atoms with E-state index in [-0.39, 0.29) is 22.4 Å². The van der Waals surface area contributed by atoms with E-state index in [1.807, 2.05) is 31.2 Å². The van der Waals surface area contributed by atoms with Crippen LogP contribution in [0.1, 0.15) is 15.9 Å². The summed E-state index contributed by atoms with van der Waals surface area (Å²) in [6.45, 7) is 1.93. The quantitative estimate of drug-likeness (QED) is 0.447. The second kappa shape index (κ2) is 9.08. The maximum atomic E-state index is 13.4. The number of aryl methyl sites for hydroxylation is 1. The summed E-state index contributed by atoms with van der Waals surface area (Å²) in [5, 5.41) is 3.19. The molecule has 1 aromatic heterocycles. The van der Waals surface area contributed by atoms with Crippen LogP contribution in [0.25, 0.3) is 22.1 Å². The predicted molar refractivity (Wildman–Crippen MR) is 127 cm³/mol. The number of methoxy groups -OCH3 is 3. The van der Waals surface area contributed by atoms with E-state index < -0.39 is 5.91 Å². The van der Waals surface area contributed by atoms with Crippen molar-refractivity contribution in [3.05, 3.63) is 82.0 Å². The van der Waals surface area contributed by atoms with Gasteiger partial charge >= 0.3 is 0 Å². The van der Waals surface area contributed by atoms with Crippen LogP contribution in [-0.2, 0) is 0 Å². The third kappa shape index (κ3) is 4.13. The van der Waals surface area contributed by atoms with Crippen molar-refractivity contribution in [2.24, 2.45) is 0 Å². The van der Waals surface area contributed by atoms with Crippen LogP contribution in [0.15, 0.2) is 69.9 Å². The summed E-state index contributed by atoms with van der Waals surface area (Å²) in [6, 6.07) is 17.4.